The fourth-order valence-electron chi connectivity index (χ4n) is 2.49. The summed E-state index contributed by atoms with van der Waals surface area (Å²) in [5, 5.41) is 0.887. The van der Waals surface area contributed by atoms with Crippen molar-refractivity contribution in [1.82, 2.24) is 5.06 Å². The van der Waals surface area contributed by atoms with Crippen molar-refractivity contribution in [3.63, 3.8) is 0 Å². The number of carbonyl (C=O) groups is 2. The van der Waals surface area contributed by atoms with E-state index in [1.54, 1.807) is 24.3 Å². The highest BCUT2D eigenvalue weighted by Crippen LogP contribution is 2.29. The van der Waals surface area contributed by atoms with Gasteiger partial charge in [-0.2, -0.15) is 0 Å². The molecule has 1 aromatic rings. The largest absolute Gasteiger partial charge is 0.373 e. The van der Waals surface area contributed by atoms with E-state index in [0.29, 0.717) is 11.1 Å². The first-order chi connectivity index (χ1) is 9.18. The zero-order valence-electron chi connectivity index (χ0n) is 10.8. The van der Waals surface area contributed by atoms with Crippen molar-refractivity contribution >= 4 is 11.8 Å². The molecule has 2 aliphatic rings. The van der Waals surface area contributed by atoms with Crippen LogP contribution in [0.15, 0.2) is 36.1 Å². The first-order valence-electron chi connectivity index (χ1n) is 6.54. The van der Waals surface area contributed by atoms with Crippen molar-refractivity contribution in [2.45, 2.75) is 26.2 Å². The van der Waals surface area contributed by atoms with Gasteiger partial charge in [-0.05, 0) is 37.5 Å². The lowest BCUT2D eigenvalue weighted by molar-refractivity contribution is -0.0663. The van der Waals surface area contributed by atoms with Crippen molar-refractivity contribution < 1.29 is 14.4 Å². The average molecular weight is 257 g/mol. The number of hydroxylamine groups is 2. The molecule has 0 spiro atoms. The number of benzene rings is 1. The molecule has 3 rings (SSSR count). The Morgan fingerprint density at radius 1 is 1.16 bits per heavy atom. The number of nitrogens with zero attached hydrogens (tertiary/aromatic N) is 1. The van der Waals surface area contributed by atoms with Crippen molar-refractivity contribution in [1.29, 1.82) is 0 Å². The van der Waals surface area contributed by atoms with Crippen LogP contribution in [0, 0.1) is 5.92 Å². The van der Waals surface area contributed by atoms with E-state index in [4.69, 9.17) is 4.84 Å². The maximum atomic E-state index is 12.1. The summed E-state index contributed by atoms with van der Waals surface area (Å²) in [7, 11) is 0. The van der Waals surface area contributed by atoms with Gasteiger partial charge in [0.05, 0.1) is 11.1 Å². The quantitative estimate of drug-likeness (QED) is 0.765. The number of hydrogen-bond donors (Lipinski definition) is 0. The van der Waals surface area contributed by atoms with Gasteiger partial charge in [0.1, 0.15) is 5.76 Å². The standard InChI is InChI=1S/C15H15NO3/c1-10-6-2-5-9-13(10)19-16-14(17)11-7-3-4-8-12(11)15(16)18/h3-4,7-10H,2,5-6H2,1H3. The van der Waals surface area contributed by atoms with Crippen LogP contribution < -0.4 is 0 Å². The number of allylic oxidation sites excluding steroid dienone is 2. The lowest BCUT2D eigenvalue weighted by Gasteiger charge is -2.23. The van der Waals surface area contributed by atoms with Crippen molar-refractivity contribution in [3.8, 4) is 0 Å². The molecular weight excluding hydrogens is 242 g/mol. The van der Waals surface area contributed by atoms with Crippen LogP contribution in [0.2, 0.25) is 0 Å². The molecule has 0 aromatic heterocycles. The molecule has 19 heavy (non-hydrogen) atoms. The molecule has 1 unspecified atom stereocenters. The predicted octanol–water partition coefficient (Wildman–Crippen LogP) is 2.92. The van der Waals surface area contributed by atoms with E-state index in [1.165, 1.54) is 0 Å². The maximum Gasteiger partial charge on any atom is 0.295 e. The number of imide groups is 1. The number of carbonyl (C=O) groups excluding carboxylic acids is 2. The zero-order chi connectivity index (χ0) is 13.4. The Kier molecular flexibility index (Phi) is 2.85. The second-order valence-electron chi connectivity index (χ2n) is 4.98. The third-order valence-corrected chi connectivity index (χ3v) is 3.63. The highest BCUT2D eigenvalue weighted by molar-refractivity contribution is 6.20. The fraction of sp³-hybridized carbons (Fsp3) is 0.333. The maximum absolute atomic E-state index is 12.1. The van der Waals surface area contributed by atoms with Crippen LogP contribution in [0.3, 0.4) is 0 Å². The predicted molar refractivity (Wildman–Crippen MR) is 69.1 cm³/mol. The summed E-state index contributed by atoms with van der Waals surface area (Å²) in [6, 6.07) is 6.79. The smallest absolute Gasteiger partial charge is 0.295 e. The zero-order valence-corrected chi connectivity index (χ0v) is 10.8. The summed E-state index contributed by atoms with van der Waals surface area (Å²) < 4.78 is 0. The van der Waals surface area contributed by atoms with Gasteiger partial charge in [0.25, 0.3) is 11.8 Å². The molecule has 4 heteroatoms. The Morgan fingerprint density at radius 3 is 2.37 bits per heavy atom. The van der Waals surface area contributed by atoms with Gasteiger partial charge in [-0.15, -0.1) is 0 Å². The Balaban J connectivity index is 1.86. The second-order valence-corrected chi connectivity index (χ2v) is 4.98. The van der Waals surface area contributed by atoms with Crippen LogP contribution >= 0.6 is 0 Å². The van der Waals surface area contributed by atoms with Gasteiger partial charge in [-0.25, -0.2) is 0 Å². The van der Waals surface area contributed by atoms with Crippen molar-refractivity contribution in [2.75, 3.05) is 0 Å². The summed E-state index contributed by atoms with van der Waals surface area (Å²) in [6.07, 6.45) is 5.05. The SMILES string of the molecule is CC1CCCC=C1ON1C(=O)c2ccccc2C1=O. The number of rotatable bonds is 2. The molecule has 2 amide bonds. The van der Waals surface area contributed by atoms with E-state index in [9.17, 15) is 9.59 Å². The van der Waals surface area contributed by atoms with Gasteiger partial charge >= 0.3 is 0 Å². The molecule has 1 aromatic carbocycles. The third-order valence-electron chi connectivity index (χ3n) is 3.63. The van der Waals surface area contributed by atoms with Crippen LogP contribution in [0.1, 0.15) is 46.9 Å². The van der Waals surface area contributed by atoms with E-state index >= 15 is 0 Å². The van der Waals surface area contributed by atoms with Crippen LogP contribution in [0.4, 0.5) is 0 Å². The van der Waals surface area contributed by atoms with Gasteiger partial charge in [-0.1, -0.05) is 24.1 Å². The molecule has 1 aliphatic heterocycles. The Bertz CT molecular complexity index is 542. The monoisotopic (exact) mass is 257 g/mol. The van der Waals surface area contributed by atoms with E-state index in [2.05, 4.69) is 0 Å². The van der Waals surface area contributed by atoms with Gasteiger partial charge in [0.15, 0.2) is 0 Å². The lowest BCUT2D eigenvalue weighted by Crippen LogP contribution is -2.31. The molecule has 1 aliphatic carbocycles. The fourth-order valence-corrected chi connectivity index (χ4v) is 2.49. The molecule has 1 heterocycles. The topological polar surface area (TPSA) is 46.6 Å². The summed E-state index contributed by atoms with van der Waals surface area (Å²) >= 11 is 0. The molecule has 0 radical (unpaired) electrons. The van der Waals surface area contributed by atoms with Crippen molar-refractivity contribution in [3.05, 3.63) is 47.2 Å². The summed E-state index contributed by atoms with van der Waals surface area (Å²) in [6.45, 7) is 2.04. The molecule has 0 N–H and O–H groups in total. The molecule has 0 fully saturated rings. The Morgan fingerprint density at radius 2 is 1.79 bits per heavy atom. The Hall–Kier alpha value is -2.10. The summed E-state index contributed by atoms with van der Waals surface area (Å²) in [4.78, 5) is 29.8. The van der Waals surface area contributed by atoms with Gasteiger partial charge in [0, 0.05) is 5.92 Å². The number of amides is 2. The van der Waals surface area contributed by atoms with Crippen LogP contribution in [-0.4, -0.2) is 16.9 Å². The number of fused-ring (bicyclic) bond motifs is 1. The highest BCUT2D eigenvalue weighted by Gasteiger charge is 2.38. The first-order valence-corrected chi connectivity index (χ1v) is 6.54. The summed E-state index contributed by atoms with van der Waals surface area (Å²) in [5.41, 5.74) is 0.827. The minimum Gasteiger partial charge on any atom is -0.373 e. The molecule has 4 nitrogen and oxygen atoms in total. The summed E-state index contributed by atoms with van der Waals surface area (Å²) in [5.74, 6) is 0.220. The van der Waals surface area contributed by atoms with E-state index in [-0.39, 0.29) is 17.7 Å². The molecule has 0 saturated carbocycles. The molecular formula is C15H15NO3. The van der Waals surface area contributed by atoms with Gasteiger partial charge in [0.2, 0.25) is 0 Å². The average Bonchev–Trinajstić information content (AvgIpc) is 2.67. The highest BCUT2D eigenvalue weighted by atomic mass is 16.7. The molecule has 98 valence electrons. The van der Waals surface area contributed by atoms with Crippen LogP contribution in [0.25, 0.3) is 0 Å². The minimum absolute atomic E-state index is 0.248. The normalized spacial score (nSPS) is 22.3. The second kappa shape index (κ2) is 4.53. The van der Waals surface area contributed by atoms with E-state index < -0.39 is 0 Å². The first kappa shape index (κ1) is 12.0. The van der Waals surface area contributed by atoms with Gasteiger partial charge in [-0.3, -0.25) is 9.59 Å². The lowest BCUT2D eigenvalue weighted by atomic mass is 9.96. The molecule has 0 bridgehead atoms. The molecule has 0 saturated heterocycles. The van der Waals surface area contributed by atoms with Gasteiger partial charge < -0.3 is 4.84 Å². The van der Waals surface area contributed by atoms with E-state index in [0.717, 1.165) is 30.1 Å². The van der Waals surface area contributed by atoms with E-state index in [1.807, 2.05) is 13.0 Å². The third kappa shape index (κ3) is 1.93. The Labute approximate surface area is 111 Å². The minimum atomic E-state index is -0.376. The van der Waals surface area contributed by atoms with Crippen LogP contribution in [0.5, 0.6) is 0 Å². The van der Waals surface area contributed by atoms with Crippen LogP contribution in [-0.2, 0) is 4.84 Å². The number of hydrogen-bond acceptors (Lipinski definition) is 3. The molecule has 1 atom stereocenters. The van der Waals surface area contributed by atoms with Crippen molar-refractivity contribution in [2.24, 2.45) is 5.92 Å².